The number of benzene rings is 1. The summed E-state index contributed by atoms with van der Waals surface area (Å²) in [6.07, 6.45) is 5.35. The third kappa shape index (κ3) is 2.15. The monoisotopic (exact) mass is 217 g/mol. The van der Waals surface area contributed by atoms with Crippen LogP contribution in [0.4, 0.5) is 0 Å². The van der Waals surface area contributed by atoms with Crippen molar-refractivity contribution >= 4 is 0 Å². The topological polar surface area (TPSA) is 26.0 Å². The molecule has 0 spiro atoms. The fraction of sp³-hybridized carbons (Fsp3) is 0.600. The lowest BCUT2D eigenvalue weighted by atomic mass is 9.88. The van der Waals surface area contributed by atoms with Gasteiger partial charge in [0.1, 0.15) is 0 Å². The number of rotatable bonds is 2. The van der Waals surface area contributed by atoms with Crippen LogP contribution in [-0.2, 0) is 0 Å². The number of nitrogens with two attached hydrogens (primary N) is 1. The van der Waals surface area contributed by atoms with E-state index < -0.39 is 0 Å². The van der Waals surface area contributed by atoms with E-state index >= 15 is 0 Å². The Morgan fingerprint density at radius 2 is 1.56 bits per heavy atom. The molecule has 1 aromatic rings. The van der Waals surface area contributed by atoms with Gasteiger partial charge < -0.3 is 5.73 Å². The van der Waals surface area contributed by atoms with Crippen molar-refractivity contribution in [1.82, 2.24) is 0 Å². The van der Waals surface area contributed by atoms with Crippen LogP contribution in [0, 0.1) is 26.7 Å². The van der Waals surface area contributed by atoms with Crippen LogP contribution < -0.4 is 5.73 Å². The maximum absolute atomic E-state index is 6.42. The molecule has 0 bridgehead atoms. The number of hydrogen-bond acceptors (Lipinski definition) is 1. The average Bonchev–Trinajstić information content (AvgIpc) is 2.75. The molecule has 2 N–H and O–H groups in total. The van der Waals surface area contributed by atoms with Crippen LogP contribution in [0.15, 0.2) is 12.1 Å². The van der Waals surface area contributed by atoms with Gasteiger partial charge in [0.05, 0.1) is 0 Å². The van der Waals surface area contributed by atoms with Crippen molar-refractivity contribution in [3.63, 3.8) is 0 Å². The minimum absolute atomic E-state index is 0.252. The van der Waals surface area contributed by atoms with Gasteiger partial charge in [-0.2, -0.15) is 0 Å². The highest BCUT2D eigenvalue weighted by atomic mass is 14.7. The van der Waals surface area contributed by atoms with Crippen LogP contribution >= 0.6 is 0 Å². The molecule has 88 valence electrons. The molecule has 0 saturated heterocycles. The molecule has 1 aromatic carbocycles. The Morgan fingerprint density at radius 1 is 1.00 bits per heavy atom. The lowest BCUT2D eigenvalue weighted by Gasteiger charge is -2.22. The first-order valence-corrected chi connectivity index (χ1v) is 6.43. The van der Waals surface area contributed by atoms with Crippen molar-refractivity contribution in [1.29, 1.82) is 0 Å². The minimum Gasteiger partial charge on any atom is -0.324 e. The maximum Gasteiger partial charge on any atom is 0.0326 e. The highest BCUT2D eigenvalue weighted by Gasteiger charge is 2.24. The molecule has 0 aliphatic heterocycles. The van der Waals surface area contributed by atoms with Gasteiger partial charge in [-0.1, -0.05) is 25.0 Å². The summed E-state index contributed by atoms with van der Waals surface area (Å²) >= 11 is 0. The van der Waals surface area contributed by atoms with Crippen molar-refractivity contribution in [3.8, 4) is 0 Å². The fourth-order valence-corrected chi connectivity index (χ4v) is 2.91. The van der Waals surface area contributed by atoms with E-state index in [0.717, 1.165) is 0 Å². The molecular formula is C15H23N. The Hall–Kier alpha value is -0.820. The first kappa shape index (κ1) is 11.7. The number of aryl methyl sites for hydroxylation is 3. The highest BCUT2D eigenvalue weighted by Crippen LogP contribution is 2.35. The van der Waals surface area contributed by atoms with Gasteiger partial charge >= 0.3 is 0 Å². The second kappa shape index (κ2) is 4.58. The third-order valence-electron chi connectivity index (χ3n) is 4.15. The molecule has 2 rings (SSSR count). The Labute approximate surface area is 99.0 Å². The van der Waals surface area contributed by atoms with Crippen LogP contribution in [-0.4, -0.2) is 0 Å². The smallest absolute Gasteiger partial charge is 0.0326 e. The zero-order chi connectivity index (χ0) is 11.7. The Kier molecular flexibility index (Phi) is 3.34. The normalized spacial score (nSPS) is 19.0. The summed E-state index contributed by atoms with van der Waals surface area (Å²) in [5, 5.41) is 0. The van der Waals surface area contributed by atoms with E-state index in [-0.39, 0.29) is 6.04 Å². The molecule has 0 radical (unpaired) electrons. The Balaban J connectivity index is 2.28. The first-order valence-electron chi connectivity index (χ1n) is 6.43. The minimum atomic E-state index is 0.252. The van der Waals surface area contributed by atoms with E-state index in [4.69, 9.17) is 5.73 Å². The molecule has 1 heteroatoms. The SMILES string of the molecule is Cc1cc(C)c(C(N)C2CCCC2)cc1C. The predicted octanol–water partition coefficient (Wildman–Crippen LogP) is 3.80. The molecule has 1 aliphatic carbocycles. The van der Waals surface area contributed by atoms with E-state index in [1.165, 1.54) is 47.9 Å². The van der Waals surface area contributed by atoms with E-state index in [9.17, 15) is 0 Å². The highest BCUT2D eigenvalue weighted by molar-refractivity contribution is 5.38. The summed E-state index contributed by atoms with van der Waals surface area (Å²) < 4.78 is 0. The predicted molar refractivity (Wildman–Crippen MR) is 69.5 cm³/mol. The molecule has 1 aliphatic rings. The molecule has 0 amide bonds. The van der Waals surface area contributed by atoms with Crippen LogP contribution in [0.25, 0.3) is 0 Å². The quantitative estimate of drug-likeness (QED) is 0.801. The molecule has 1 unspecified atom stereocenters. The third-order valence-corrected chi connectivity index (χ3v) is 4.15. The van der Waals surface area contributed by atoms with Gasteiger partial charge in [-0.3, -0.25) is 0 Å². The van der Waals surface area contributed by atoms with E-state index in [2.05, 4.69) is 32.9 Å². The van der Waals surface area contributed by atoms with Gasteiger partial charge in [-0.05, 0) is 61.8 Å². The Bertz CT molecular complexity index is 375. The van der Waals surface area contributed by atoms with E-state index in [0.29, 0.717) is 5.92 Å². The summed E-state index contributed by atoms with van der Waals surface area (Å²) in [5.41, 5.74) is 11.9. The maximum atomic E-state index is 6.42. The summed E-state index contributed by atoms with van der Waals surface area (Å²) in [5.74, 6) is 0.709. The molecule has 1 atom stereocenters. The number of hydrogen-bond donors (Lipinski definition) is 1. The molecule has 16 heavy (non-hydrogen) atoms. The van der Waals surface area contributed by atoms with E-state index in [1.807, 2.05) is 0 Å². The summed E-state index contributed by atoms with van der Waals surface area (Å²) in [7, 11) is 0. The van der Waals surface area contributed by atoms with Crippen LogP contribution in [0.1, 0.15) is 54.0 Å². The van der Waals surface area contributed by atoms with Gasteiger partial charge in [0.25, 0.3) is 0 Å². The van der Waals surface area contributed by atoms with Crippen molar-refractivity contribution in [2.75, 3.05) is 0 Å². The van der Waals surface area contributed by atoms with Crippen molar-refractivity contribution in [2.45, 2.75) is 52.5 Å². The molecule has 1 saturated carbocycles. The lowest BCUT2D eigenvalue weighted by Crippen LogP contribution is -2.20. The zero-order valence-corrected chi connectivity index (χ0v) is 10.7. The first-order chi connectivity index (χ1) is 7.59. The second-order valence-corrected chi connectivity index (χ2v) is 5.36. The Morgan fingerprint density at radius 3 is 2.19 bits per heavy atom. The van der Waals surface area contributed by atoms with Gasteiger partial charge in [0, 0.05) is 6.04 Å². The van der Waals surface area contributed by atoms with Crippen LogP contribution in [0.3, 0.4) is 0 Å². The molecular weight excluding hydrogens is 194 g/mol. The second-order valence-electron chi connectivity index (χ2n) is 5.36. The van der Waals surface area contributed by atoms with Crippen LogP contribution in [0.5, 0.6) is 0 Å². The van der Waals surface area contributed by atoms with Crippen molar-refractivity contribution < 1.29 is 0 Å². The van der Waals surface area contributed by atoms with Crippen LogP contribution in [0.2, 0.25) is 0 Å². The van der Waals surface area contributed by atoms with Gasteiger partial charge in [-0.25, -0.2) is 0 Å². The summed E-state index contributed by atoms with van der Waals surface area (Å²) in [6.45, 7) is 6.55. The molecule has 1 nitrogen and oxygen atoms in total. The van der Waals surface area contributed by atoms with Gasteiger partial charge in [0.15, 0.2) is 0 Å². The summed E-state index contributed by atoms with van der Waals surface area (Å²) in [6, 6.07) is 4.83. The van der Waals surface area contributed by atoms with E-state index in [1.54, 1.807) is 0 Å². The lowest BCUT2D eigenvalue weighted by molar-refractivity contribution is 0.443. The zero-order valence-electron chi connectivity index (χ0n) is 10.7. The average molecular weight is 217 g/mol. The molecule has 1 fully saturated rings. The van der Waals surface area contributed by atoms with Crippen molar-refractivity contribution in [2.24, 2.45) is 11.7 Å². The summed E-state index contributed by atoms with van der Waals surface area (Å²) in [4.78, 5) is 0. The fourth-order valence-electron chi connectivity index (χ4n) is 2.91. The van der Waals surface area contributed by atoms with Gasteiger partial charge in [0.2, 0.25) is 0 Å². The largest absolute Gasteiger partial charge is 0.324 e. The molecule has 0 heterocycles. The standard InChI is InChI=1S/C15H23N/c1-10-8-12(3)14(9-11(10)2)15(16)13-6-4-5-7-13/h8-9,13,15H,4-7,16H2,1-3H3. The molecule has 0 aromatic heterocycles. The van der Waals surface area contributed by atoms with Gasteiger partial charge in [-0.15, -0.1) is 0 Å². The van der Waals surface area contributed by atoms with Crippen molar-refractivity contribution in [3.05, 3.63) is 34.4 Å².